The predicted octanol–water partition coefficient (Wildman–Crippen LogP) is 2.89. The lowest BCUT2D eigenvalue weighted by atomic mass is 10.1. The fraction of sp³-hybridized carbons (Fsp3) is 0.0769. The van der Waals surface area contributed by atoms with Crippen LogP contribution in [-0.2, 0) is 6.42 Å². The van der Waals surface area contributed by atoms with Crippen molar-refractivity contribution in [2.45, 2.75) is 6.42 Å². The van der Waals surface area contributed by atoms with Gasteiger partial charge in [-0.15, -0.1) is 0 Å². The van der Waals surface area contributed by atoms with Crippen LogP contribution >= 0.6 is 0 Å². The number of fused-ring (bicyclic) bond motifs is 1. The highest BCUT2D eigenvalue weighted by molar-refractivity contribution is 5.79. The van der Waals surface area contributed by atoms with Gasteiger partial charge in [-0.25, -0.2) is 4.98 Å². The molecule has 3 rings (SSSR count). The molecule has 0 amide bonds. The van der Waals surface area contributed by atoms with Crippen molar-refractivity contribution in [1.82, 2.24) is 9.97 Å². The third kappa shape index (κ3) is 1.68. The number of nitrogens with zero attached hydrogens (tertiary/aromatic N) is 2. The second-order valence-corrected chi connectivity index (χ2v) is 3.75. The number of benzene rings is 1. The molecule has 82 valence electrons. The van der Waals surface area contributed by atoms with E-state index in [9.17, 15) is 0 Å². The minimum Gasteiger partial charge on any atom is -0.461 e. The molecule has 0 saturated carbocycles. The number of aromatic nitrogens is 2. The van der Waals surface area contributed by atoms with Crippen molar-refractivity contribution in [3.8, 4) is 17.7 Å². The van der Waals surface area contributed by atoms with Crippen LogP contribution in [0.3, 0.4) is 0 Å². The van der Waals surface area contributed by atoms with E-state index >= 15 is 0 Å². The van der Waals surface area contributed by atoms with Gasteiger partial charge >= 0.3 is 0 Å². The van der Waals surface area contributed by atoms with E-state index in [4.69, 9.17) is 9.68 Å². The number of furan rings is 1. The number of hydrogen-bond acceptors (Lipinski definition) is 3. The Hall–Kier alpha value is -2.54. The predicted molar refractivity (Wildman–Crippen MR) is 63.1 cm³/mol. The molecule has 0 radical (unpaired) electrons. The lowest BCUT2D eigenvalue weighted by Gasteiger charge is -1.92. The molecule has 0 atom stereocenters. The molecule has 2 heterocycles. The van der Waals surface area contributed by atoms with Crippen LogP contribution in [-0.4, -0.2) is 9.97 Å². The van der Waals surface area contributed by atoms with Crippen LogP contribution in [0.2, 0.25) is 0 Å². The number of nitrogens with one attached hydrogen (secondary N) is 1. The number of rotatable bonds is 2. The number of hydrogen-bond donors (Lipinski definition) is 1. The molecule has 0 unspecified atom stereocenters. The fourth-order valence-corrected chi connectivity index (χ4v) is 1.79. The summed E-state index contributed by atoms with van der Waals surface area (Å²) >= 11 is 0. The van der Waals surface area contributed by atoms with Crippen molar-refractivity contribution in [2.24, 2.45) is 0 Å². The molecule has 3 aromatic rings. The third-order valence-corrected chi connectivity index (χ3v) is 2.58. The lowest BCUT2D eigenvalue weighted by Crippen LogP contribution is -1.80. The van der Waals surface area contributed by atoms with Gasteiger partial charge in [0.05, 0.1) is 29.8 Å². The number of imidazole rings is 1. The van der Waals surface area contributed by atoms with E-state index in [-0.39, 0.29) is 0 Å². The topological polar surface area (TPSA) is 65.6 Å². The molecule has 2 aromatic heterocycles. The van der Waals surface area contributed by atoms with Gasteiger partial charge in [-0.05, 0) is 29.8 Å². The monoisotopic (exact) mass is 223 g/mol. The van der Waals surface area contributed by atoms with E-state index in [2.05, 4.69) is 16.0 Å². The van der Waals surface area contributed by atoms with E-state index in [1.54, 1.807) is 6.26 Å². The Morgan fingerprint density at radius 2 is 2.29 bits per heavy atom. The molecule has 0 aliphatic rings. The van der Waals surface area contributed by atoms with Gasteiger partial charge in [0.2, 0.25) is 0 Å². The molecular weight excluding hydrogens is 214 g/mol. The smallest absolute Gasteiger partial charge is 0.174 e. The minimum absolute atomic E-state index is 0.408. The molecule has 0 aliphatic carbocycles. The van der Waals surface area contributed by atoms with Crippen molar-refractivity contribution in [1.29, 1.82) is 5.26 Å². The third-order valence-electron chi connectivity index (χ3n) is 2.58. The lowest BCUT2D eigenvalue weighted by molar-refractivity contribution is 0.578. The highest BCUT2D eigenvalue weighted by Crippen LogP contribution is 2.21. The highest BCUT2D eigenvalue weighted by atomic mass is 16.3. The van der Waals surface area contributed by atoms with Crippen molar-refractivity contribution in [3.63, 3.8) is 0 Å². The van der Waals surface area contributed by atoms with Crippen LogP contribution < -0.4 is 0 Å². The second-order valence-electron chi connectivity index (χ2n) is 3.75. The van der Waals surface area contributed by atoms with Crippen LogP contribution in [0, 0.1) is 11.3 Å². The fourth-order valence-electron chi connectivity index (χ4n) is 1.79. The maximum Gasteiger partial charge on any atom is 0.174 e. The Bertz CT molecular complexity index is 689. The first-order chi connectivity index (χ1) is 8.36. The van der Waals surface area contributed by atoms with Crippen LogP contribution in [0.15, 0.2) is 41.0 Å². The van der Waals surface area contributed by atoms with Gasteiger partial charge in [0.25, 0.3) is 0 Å². The van der Waals surface area contributed by atoms with Crippen LogP contribution in [0.25, 0.3) is 22.6 Å². The van der Waals surface area contributed by atoms with Gasteiger partial charge < -0.3 is 9.40 Å². The summed E-state index contributed by atoms with van der Waals surface area (Å²) in [6.07, 6.45) is 2.02. The van der Waals surface area contributed by atoms with Crippen molar-refractivity contribution < 1.29 is 4.42 Å². The van der Waals surface area contributed by atoms with E-state index < -0.39 is 0 Å². The zero-order valence-corrected chi connectivity index (χ0v) is 8.97. The first kappa shape index (κ1) is 9.67. The summed E-state index contributed by atoms with van der Waals surface area (Å²) in [7, 11) is 0. The Balaban J connectivity index is 2.10. The maximum absolute atomic E-state index is 8.66. The number of aromatic amines is 1. The molecule has 0 fully saturated rings. The van der Waals surface area contributed by atoms with Crippen molar-refractivity contribution in [2.75, 3.05) is 0 Å². The normalized spacial score (nSPS) is 10.5. The van der Waals surface area contributed by atoms with Crippen LogP contribution in [0.5, 0.6) is 0 Å². The summed E-state index contributed by atoms with van der Waals surface area (Å²) in [5.41, 5.74) is 2.77. The van der Waals surface area contributed by atoms with Gasteiger partial charge in [-0.1, -0.05) is 6.07 Å². The first-order valence-corrected chi connectivity index (χ1v) is 5.26. The van der Waals surface area contributed by atoms with E-state index in [1.165, 1.54) is 0 Å². The quantitative estimate of drug-likeness (QED) is 0.726. The Morgan fingerprint density at radius 3 is 3.06 bits per heavy atom. The van der Waals surface area contributed by atoms with Crippen molar-refractivity contribution in [3.05, 3.63) is 42.2 Å². The van der Waals surface area contributed by atoms with Gasteiger partial charge in [0.15, 0.2) is 11.6 Å². The van der Waals surface area contributed by atoms with Crippen molar-refractivity contribution >= 4 is 11.0 Å². The van der Waals surface area contributed by atoms with Crippen LogP contribution in [0.4, 0.5) is 0 Å². The SMILES string of the molecule is N#CCc1ccc2nc(-c3ccco3)[nH]c2c1. The van der Waals surface area contributed by atoms with Gasteiger partial charge in [-0.3, -0.25) is 0 Å². The van der Waals surface area contributed by atoms with Gasteiger partial charge in [-0.2, -0.15) is 5.26 Å². The highest BCUT2D eigenvalue weighted by Gasteiger charge is 2.07. The largest absolute Gasteiger partial charge is 0.461 e. The van der Waals surface area contributed by atoms with E-state index in [0.29, 0.717) is 18.0 Å². The Kier molecular flexibility index (Phi) is 2.16. The summed E-state index contributed by atoms with van der Waals surface area (Å²) in [6.45, 7) is 0. The summed E-state index contributed by atoms with van der Waals surface area (Å²) in [6, 6.07) is 11.6. The average molecular weight is 223 g/mol. The zero-order chi connectivity index (χ0) is 11.7. The molecule has 4 nitrogen and oxygen atoms in total. The summed E-state index contributed by atoms with van der Waals surface area (Å²) in [5, 5.41) is 8.66. The number of nitriles is 1. The molecule has 1 N–H and O–H groups in total. The number of H-pyrrole nitrogens is 1. The van der Waals surface area contributed by atoms with Gasteiger partial charge in [0, 0.05) is 0 Å². The van der Waals surface area contributed by atoms with Crippen LogP contribution in [0.1, 0.15) is 5.56 Å². The second kappa shape index (κ2) is 3.80. The summed E-state index contributed by atoms with van der Waals surface area (Å²) < 4.78 is 5.28. The standard InChI is InChI=1S/C13H9N3O/c14-6-5-9-3-4-10-11(8-9)16-13(15-10)12-2-1-7-17-12/h1-4,7-8H,5H2,(H,15,16). The molecule has 0 aliphatic heterocycles. The first-order valence-electron chi connectivity index (χ1n) is 5.26. The maximum atomic E-state index is 8.66. The Morgan fingerprint density at radius 1 is 1.35 bits per heavy atom. The Labute approximate surface area is 97.5 Å². The van der Waals surface area contributed by atoms with E-state index in [0.717, 1.165) is 16.6 Å². The minimum atomic E-state index is 0.408. The summed E-state index contributed by atoms with van der Waals surface area (Å²) in [4.78, 5) is 7.61. The summed E-state index contributed by atoms with van der Waals surface area (Å²) in [5.74, 6) is 1.42. The van der Waals surface area contributed by atoms with Gasteiger partial charge in [0.1, 0.15) is 0 Å². The molecule has 17 heavy (non-hydrogen) atoms. The molecular formula is C13H9N3O. The molecule has 1 aromatic carbocycles. The molecule has 0 spiro atoms. The average Bonchev–Trinajstić information content (AvgIpc) is 2.97. The molecule has 4 heteroatoms. The molecule has 0 saturated heterocycles. The van der Waals surface area contributed by atoms with E-state index in [1.807, 2.05) is 30.3 Å². The zero-order valence-electron chi connectivity index (χ0n) is 8.97. The molecule has 0 bridgehead atoms.